The Hall–Kier alpha value is -2.84. The van der Waals surface area contributed by atoms with Gasteiger partial charge in [0.1, 0.15) is 5.82 Å². The van der Waals surface area contributed by atoms with Crippen LogP contribution in [0.4, 0.5) is 30.6 Å². The van der Waals surface area contributed by atoms with Crippen molar-refractivity contribution in [2.24, 2.45) is 0 Å². The molecule has 1 aliphatic heterocycles. The van der Waals surface area contributed by atoms with Crippen molar-refractivity contribution < 1.29 is 23.1 Å². The van der Waals surface area contributed by atoms with Crippen molar-refractivity contribution in [3.05, 3.63) is 41.6 Å². The Morgan fingerprint density at radius 2 is 2.00 bits per heavy atom. The molecule has 0 saturated carbocycles. The van der Waals surface area contributed by atoms with Crippen LogP contribution < -0.4 is 10.2 Å². The first-order chi connectivity index (χ1) is 12.7. The fraction of sp³-hybridized carbons (Fsp3) is 0.389. The quantitative estimate of drug-likeness (QED) is 0.793. The molecular weight excluding hydrogens is 361 g/mol. The summed E-state index contributed by atoms with van der Waals surface area (Å²) in [6.07, 6.45) is -3.27. The number of benzene rings is 1. The predicted octanol–water partition coefficient (Wildman–Crippen LogP) is 3.85. The molecule has 0 spiro atoms. The molecular formula is C18H19F3N4O2. The van der Waals surface area contributed by atoms with Gasteiger partial charge >= 0.3 is 12.1 Å². The summed E-state index contributed by atoms with van der Waals surface area (Å²) in [4.78, 5) is 20.2. The number of halogens is 3. The minimum Gasteiger partial charge on any atom is -0.481 e. The molecule has 0 aliphatic carbocycles. The number of carbonyl (C=O) groups is 1. The molecule has 27 heavy (non-hydrogen) atoms. The second-order valence-electron chi connectivity index (χ2n) is 6.48. The lowest BCUT2D eigenvalue weighted by atomic mass is 10.1. The molecule has 2 heterocycles. The number of aliphatic carboxylic acids is 1. The number of hydrogen-bond acceptors (Lipinski definition) is 5. The normalized spacial score (nSPS) is 16.7. The molecule has 3 rings (SSSR count). The van der Waals surface area contributed by atoms with Gasteiger partial charge in [-0.05, 0) is 37.5 Å². The summed E-state index contributed by atoms with van der Waals surface area (Å²) in [6.45, 7) is 2.54. The molecule has 144 valence electrons. The molecule has 0 unspecified atom stereocenters. The number of carboxylic acids is 1. The zero-order valence-corrected chi connectivity index (χ0v) is 14.6. The Morgan fingerprint density at radius 3 is 2.52 bits per heavy atom. The van der Waals surface area contributed by atoms with Gasteiger partial charge in [-0.15, -0.1) is 0 Å². The summed E-state index contributed by atoms with van der Waals surface area (Å²) >= 11 is 0. The summed E-state index contributed by atoms with van der Waals surface area (Å²) in [5.74, 6) is -0.764. The van der Waals surface area contributed by atoms with Crippen LogP contribution in [0.3, 0.4) is 0 Å². The van der Waals surface area contributed by atoms with Crippen LogP contribution in [0.15, 0.2) is 30.3 Å². The number of nitrogens with zero attached hydrogens (tertiary/aromatic N) is 3. The molecule has 9 heteroatoms. The van der Waals surface area contributed by atoms with E-state index in [-0.39, 0.29) is 24.2 Å². The van der Waals surface area contributed by atoms with Crippen molar-refractivity contribution >= 4 is 23.4 Å². The maximum absolute atomic E-state index is 13.2. The van der Waals surface area contributed by atoms with E-state index in [1.54, 1.807) is 29.2 Å². The molecule has 1 fully saturated rings. The van der Waals surface area contributed by atoms with Crippen LogP contribution in [0.2, 0.25) is 0 Å². The number of nitrogens with one attached hydrogen (secondary N) is 1. The molecule has 1 atom stereocenters. The van der Waals surface area contributed by atoms with Crippen molar-refractivity contribution in [1.82, 2.24) is 9.97 Å². The van der Waals surface area contributed by atoms with E-state index < -0.39 is 17.8 Å². The van der Waals surface area contributed by atoms with E-state index in [2.05, 4.69) is 15.3 Å². The molecule has 1 aromatic heterocycles. The van der Waals surface area contributed by atoms with Gasteiger partial charge in [-0.1, -0.05) is 12.1 Å². The SMILES string of the molecule is C[C@H]1CCN1c1nc(Nc2ccc(CCC(=O)O)cc2)cc(C(F)(F)F)n1. The van der Waals surface area contributed by atoms with Gasteiger partial charge in [-0.3, -0.25) is 4.79 Å². The molecule has 6 nitrogen and oxygen atoms in total. The molecule has 2 N–H and O–H groups in total. The number of rotatable bonds is 6. The van der Waals surface area contributed by atoms with E-state index >= 15 is 0 Å². The fourth-order valence-corrected chi connectivity index (χ4v) is 2.74. The van der Waals surface area contributed by atoms with Gasteiger partial charge in [-0.25, -0.2) is 4.98 Å². The summed E-state index contributed by atoms with van der Waals surface area (Å²) in [6, 6.07) is 7.81. The maximum Gasteiger partial charge on any atom is 0.433 e. The number of anilines is 3. The van der Waals surface area contributed by atoms with E-state index in [0.29, 0.717) is 18.7 Å². The highest BCUT2D eigenvalue weighted by molar-refractivity contribution is 5.67. The van der Waals surface area contributed by atoms with Crippen LogP contribution in [0.5, 0.6) is 0 Å². The molecule has 0 amide bonds. The van der Waals surface area contributed by atoms with Crippen LogP contribution in [0.25, 0.3) is 0 Å². The van der Waals surface area contributed by atoms with Gasteiger partial charge in [-0.2, -0.15) is 18.2 Å². The van der Waals surface area contributed by atoms with Gasteiger partial charge in [0.15, 0.2) is 5.69 Å². The van der Waals surface area contributed by atoms with Crippen molar-refractivity contribution in [1.29, 1.82) is 0 Å². The van der Waals surface area contributed by atoms with E-state index in [1.807, 2.05) is 6.92 Å². The maximum atomic E-state index is 13.2. The number of aryl methyl sites for hydroxylation is 1. The van der Waals surface area contributed by atoms with Crippen molar-refractivity contribution in [2.45, 2.75) is 38.4 Å². The Balaban J connectivity index is 1.81. The third-order valence-electron chi connectivity index (χ3n) is 4.44. The van der Waals surface area contributed by atoms with Crippen LogP contribution >= 0.6 is 0 Å². The van der Waals surface area contributed by atoms with Crippen LogP contribution in [-0.2, 0) is 17.4 Å². The highest BCUT2D eigenvalue weighted by Crippen LogP contribution is 2.33. The second kappa shape index (κ2) is 7.42. The average molecular weight is 380 g/mol. The smallest absolute Gasteiger partial charge is 0.433 e. The Labute approximate surface area is 154 Å². The number of carboxylic acid groups (broad SMARTS) is 1. The van der Waals surface area contributed by atoms with E-state index in [9.17, 15) is 18.0 Å². The monoisotopic (exact) mass is 380 g/mol. The van der Waals surface area contributed by atoms with Gasteiger partial charge in [0.05, 0.1) is 0 Å². The lowest BCUT2D eigenvalue weighted by Gasteiger charge is -2.38. The summed E-state index contributed by atoms with van der Waals surface area (Å²) in [5, 5.41) is 11.6. The number of alkyl halides is 3. The van der Waals surface area contributed by atoms with Crippen LogP contribution in [0.1, 0.15) is 31.0 Å². The Kier molecular flexibility index (Phi) is 5.20. The second-order valence-corrected chi connectivity index (χ2v) is 6.48. The number of aromatic nitrogens is 2. The zero-order valence-electron chi connectivity index (χ0n) is 14.6. The van der Waals surface area contributed by atoms with Crippen molar-refractivity contribution in [2.75, 3.05) is 16.8 Å². The highest BCUT2D eigenvalue weighted by atomic mass is 19.4. The topological polar surface area (TPSA) is 78.4 Å². The lowest BCUT2D eigenvalue weighted by molar-refractivity contribution is -0.141. The van der Waals surface area contributed by atoms with E-state index in [4.69, 9.17) is 5.11 Å². The molecule has 0 bridgehead atoms. The fourth-order valence-electron chi connectivity index (χ4n) is 2.74. The number of hydrogen-bond donors (Lipinski definition) is 2. The van der Waals surface area contributed by atoms with Crippen molar-refractivity contribution in [3.8, 4) is 0 Å². The Bertz CT molecular complexity index is 824. The molecule has 1 aromatic carbocycles. The summed E-state index contributed by atoms with van der Waals surface area (Å²) < 4.78 is 39.6. The molecule has 2 aromatic rings. The van der Waals surface area contributed by atoms with Crippen LogP contribution in [0, 0.1) is 0 Å². The van der Waals surface area contributed by atoms with Crippen molar-refractivity contribution in [3.63, 3.8) is 0 Å². The Morgan fingerprint density at radius 1 is 1.30 bits per heavy atom. The van der Waals surface area contributed by atoms with E-state index in [0.717, 1.165) is 18.1 Å². The zero-order chi connectivity index (χ0) is 19.6. The van der Waals surface area contributed by atoms with Gasteiger partial charge < -0.3 is 15.3 Å². The first-order valence-electron chi connectivity index (χ1n) is 8.53. The summed E-state index contributed by atoms with van der Waals surface area (Å²) in [7, 11) is 0. The standard InChI is InChI=1S/C18H19F3N4O2/c1-11-8-9-25(11)17-23-14(18(19,20)21)10-15(24-17)22-13-5-2-12(3-6-13)4-7-16(26)27/h2-3,5-6,10-11H,4,7-9H2,1H3,(H,26,27)(H,22,23,24)/t11-/m0/s1. The third kappa shape index (κ3) is 4.66. The first-order valence-corrected chi connectivity index (χ1v) is 8.53. The minimum atomic E-state index is -4.57. The minimum absolute atomic E-state index is 0.0189. The third-order valence-corrected chi connectivity index (χ3v) is 4.44. The van der Waals surface area contributed by atoms with Gasteiger partial charge in [0, 0.05) is 30.8 Å². The molecule has 0 radical (unpaired) electrons. The summed E-state index contributed by atoms with van der Waals surface area (Å²) in [5.41, 5.74) is 0.396. The van der Waals surface area contributed by atoms with Crippen LogP contribution in [-0.4, -0.2) is 33.6 Å². The van der Waals surface area contributed by atoms with Gasteiger partial charge in [0.2, 0.25) is 5.95 Å². The largest absolute Gasteiger partial charge is 0.481 e. The molecule has 1 saturated heterocycles. The average Bonchev–Trinajstić information content (AvgIpc) is 2.59. The molecule has 1 aliphatic rings. The van der Waals surface area contributed by atoms with Gasteiger partial charge in [0.25, 0.3) is 0 Å². The predicted molar refractivity (Wildman–Crippen MR) is 94.1 cm³/mol. The lowest BCUT2D eigenvalue weighted by Crippen LogP contribution is -2.46. The highest BCUT2D eigenvalue weighted by Gasteiger charge is 2.35. The van der Waals surface area contributed by atoms with E-state index in [1.165, 1.54) is 0 Å². The first kappa shape index (κ1) is 18.9.